The van der Waals surface area contributed by atoms with Crippen molar-refractivity contribution in [2.45, 2.75) is 6.42 Å². The van der Waals surface area contributed by atoms with Gasteiger partial charge in [0, 0.05) is 35.5 Å². The standard InChI is InChI=1S/C14H14ClN5O/c1-20-11(17-7-18-20)6-9-12-8(4-3-5-10(12)16)14(21-2)19-13(9)15/h3-5,7H,6,16H2,1-2H3. The average Bonchev–Trinajstić information content (AvgIpc) is 2.87. The predicted octanol–water partition coefficient (Wildman–Crippen LogP) is 2.20. The summed E-state index contributed by atoms with van der Waals surface area (Å²) in [4.78, 5) is 8.53. The van der Waals surface area contributed by atoms with Crippen LogP contribution in [0.3, 0.4) is 0 Å². The van der Waals surface area contributed by atoms with Gasteiger partial charge in [0.05, 0.1) is 7.11 Å². The smallest absolute Gasteiger partial charge is 0.222 e. The van der Waals surface area contributed by atoms with E-state index in [1.165, 1.54) is 6.33 Å². The van der Waals surface area contributed by atoms with E-state index in [4.69, 9.17) is 22.1 Å². The van der Waals surface area contributed by atoms with Gasteiger partial charge in [0.25, 0.3) is 0 Å². The van der Waals surface area contributed by atoms with Gasteiger partial charge < -0.3 is 10.5 Å². The molecule has 1 aromatic carbocycles. The Morgan fingerprint density at radius 3 is 2.86 bits per heavy atom. The molecule has 0 aliphatic heterocycles. The quantitative estimate of drug-likeness (QED) is 0.593. The number of pyridine rings is 1. The van der Waals surface area contributed by atoms with Crippen LogP contribution in [0.25, 0.3) is 10.8 Å². The zero-order valence-corrected chi connectivity index (χ0v) is 12.4. The summed E-state index contributed by atoms with van der Waals surface area (Å²) in [6.45, 7) is 0. The van der Waals surface area contributed by atoms with Gasteiger partial charge in [0.15, 0.2) is 0 Å². The lowest BCUT2D eigenvalue weighted by atomic mass is 10.0. The van der Waals surface area contributed by atoms with Gasteiger partial charge in [-0.2, -0.15) is 5.10 Å². The molecule has 21 heavy (non-hydrogen) atoms. The summed E-state index contributed by atoms with van der Waals surface area (Å²) >= 11 is 6.32. The third-order valence-electron chi connectivity index (χ3n) is 3.41. The number of hydrogen-bond donors (Lipinski definition) is 1. The molecule has 0 saturated carbocycles. The fourth-order valence-electron chi connectivity index (χ4n) is 2.36. The van der Waals surface area contributed by atoms with Crippen molar-refractivity contribution in [2.75, 3.05) is 12.8 Å². The molecule has 2 heterocycles. The first kappa shape index (κ1) is 13.6. The molecule has 7 heteroatoms. The molecule has 0 aliphatic carbocycles. The van der Waals surface area contributed by atoms with Crippen molar-refractivity contribution in [3.8, 4) is 5.88 Å². The number of nitrogens with two attached hydrogens (primary N) is 1. The zero-order chi connectivity index (χ0) is 15.0. The molecule has 0 fully saturated rings. The van der Waals surface area contributed by atoms with Gasteiger partial charge in [-0.3, -0.25) is 4.68 Å². The Labute approximate surface area is 126 Å². The minimum absolute atomic E-state index is 0.361. The lowest BCUT2D eigenvalue weighted by Gasteiger charge is -2.13. The number of halogens is 1. The van der Waals surface area contributed by atoms with E-state index in [2.05, 4.69) is 15.1 Å². The second kappa shape index (κ2) is 5.21. The lowest BCUT2D eigenvalue weighted by molar-refractivity contribution is 0.403. The molecule has 0 saturated heterocycles. The molecule has 108 valence electrons. The van der Waals surface area contributed by atoms with Crippen molar-refractivity contribution in [1.82, 2.24) is 19.7 Å². The van der Waals surface area contributed by atoms with Crippen molar-refractivity contribution in [3.05, 3.63) is 41.1 Å². The van der Waals surface area contributed by atoms with Gasteiger partial charge >= 0.3 is 0 Å². The Hall–Kier alpha value is -2.34. The van der Waals surface area contributed by atoms with E-state index in [1.54, 1.807) is 11.8 Å². The Kier molecular flexibility index (Phi) is 3.39. The van der Waals surface area contributed by atoms with E-state index in [0.29, 0.717) is 23.1 Å². The Balaban J connectivity index is 2.27. The number of nitrogens with zero attached hydrogens (tertiary/aromatic N) is 4. The molecule has 0 atom stereocenters. The molecular weight excluding hydrogens is 290 g/mol. The van der Waals surface area contributed by atoms with E-state index >= 15 is 0 Å². The second-order valence-electron chi connectivity index (χ2n) is 4.64. The Bertz CT molecular complexity index is 814. The third kappa shape index (κ3) is 2.27. The van der Waals surface area contributed by atoms with Crippen molar-refractivity contribution in [2.24, 2.45) is 7.05 Å². The van der Waals surface area contributed by atoms with Gasteiger partial charge in [-0.1, -0.05) is 17.7 Å². The van der Waals surface area contributed by atoms with Crippen LogP contribution in [0.15, 0.2) is 24.5 Å². The molecule has 0 radical (unpaired) electrons. The molecule has 2 N–H and O–H groups in total. The maximum atomic E-state index is 6.32. The van der Waals surface area contributed by atoms with Gasteiger partial charge in [0.2, 0.25) is 5.88 Å². The molecule has 0 bridgehead atoms. The molecule has 3 rings (SSSR count). The minimum Gasteiger partial charge on any atom is -0.481 e. The van der Waals surface area contributed by atoms with Crippen LogP contribution in [0, 0.1) is 0 Å². The van der Waals surface area contributed by atoms with E-state index in [1.807, 2.05) is 25.2 Å². The normalized spacial score (nSPS) is 11.0. The van der Waals surface area contributed by atoms with Crippen molar-refractivity contribution in [1.29, 1.82) is 0 Å². The Morgan fingerprint density at radius 2 is 2.19 bits per heavy atom. The topological polar surface area (TPSA) is 78.9 Å². The molecule has 3 aromatic rings. The number of ether oxygens (including phenoxy) is 1. The number of aryl methyl sites for hydroxylation is 1. The fraction of sp³-hybridized carbons (Fsp3) is 0.214. The summed E-state index contributed by atoms with van der Waals surface area (Å²) in [5.41, 5.74) is 7.58. The number of fused-ring (bicyclic) bond motifs is 1. The maximum absolute atomic E-state index is 6.32. The highest BCUT2D eigenvalue weighted by Gasteiger charge is 2.17. The van der Waals surface area contributed by atoms with Crippen LogP contribution in [-0.2, 0) is 13.5 Å². The van der Waals surface area contributed by atoms with Crippen LogP contribution in [0.1, 0.15) is 11.4 Å². The molecular formula is C14H14ClN5O. The first-order chi connectivity index (χ1) is 10.1. The number of rotatable bonds is 3. The molecule has 0 amide bonds. The largest absolute Gasteiger partial charge is 0.481 e. The summed E-state index contributed by atoms with van der Waals surface area (Å²) in [5, 5.41) is 6.10. The van der Waals surface area contributed by atoms with Crippen LogP contribution in [0.5, 0.6) is 5.88 Å². The molecule has 0 aliphatic rings. The first-order valence-electron chi connectivity index (χ1n) is 6.35. The van der Waals surface area contributed by atoms with Gasteiger partial charge in [-0.15, -0.1) is 0 Å². The number of methoxy groups -OCH3 is 1. The van der Waals surface area contributed by atoms with Crippen LogP contribution in [0.4, 0.5) is 5.69 Å². The average molecular weight is 304 g/mol. The lowest BCUT2D eigenvalue weighted by Crippen LogP contribution is -2.04. The third-order valence-corrected chi connectivity index (χ3v) is 3.72. The molecule has 0 unspecified atom stereocenters. The van der Waals surface area contributed by atoms with Crippen molar-refractivity contribution >= 4 is 28.1 Å². The van der Waals surface area contributed by atoms with Crippen LogP contribution in [-0.4, -0.2) is 26.9 Å². The monoisotopic (exact) mass is 303 g/mol. The predicted molar refractivity (Wildman–Crippen MR) is 81.5 cm³/mol. The summed E-state index contributed by atoms with van der Waals surface area (Å²) in [7, 11) is 3.39. The zero-order valence-electron chi connectivity index (χ0n) is 11.7. The van der Waals surface area contributed by atoms with Crippen molar-refractivity contribution < 1.29 is 4.74 Å². The van der Waals surface area contributed by atoms with Gasteiger partial charge in [-0.05, 0) is 12.1 Å². The molecule has 0 spiro atoms. The molecule has 6 nitrogen and oxygen atoms in total. The highest BCUT2D eigenvalue weighted by Crippen LogP contribution is 2.35. The number of nitrogen functional groups attached to an aromatic ring is 1. The van der Waals surface area contributed by atoms with Crippen LogP contribution in [0.2, 0.25) is 5.15 Å². The van der Waals surface area contributed by atoms with E-state index in [-0.39, 0.29) is 0 Å². The fourth-order valence-corrected chi connectivity index (χ4v) is 2.60. The van der Waals surface area contributed by atoms with Gasteiger partial charge in [-0.25, -0.2) is 9.97 Å². The van der Waals surface area contributed by atoms with Gasteiger partial charge in [0.1, 0.15) is 17.3 Å². The summed E-state index contributed by atoms with van der Waals surface area (Å²) in [5.74, 6) is 1.25. The number of aromatic nitrogens is 4. The Morgan fingerprint density at radius 1 is 1.38 bits per heavy atom. The van der Waals surface area contributed by atoms with Crippen LogP contribution < -0.4 is 10.5 Å². The van der Waals surface area contributed by atoms with E-state index < -0.39 is 0 Å². The number of benzene rings is 1. The first-order valence-corrected chi connectivity index (χ1v) is 6.73. The van der Waals surface area contributed by atoms with Crippen LogP contribution >= 0.6 is 11.6 Å². The SMILES string of the molecule is COc1nc(Cl)c(Cc2ncnn2C)c2c(N)cccc12. The second-order valence-corrected chi connectivity index (χ2v) is 4.99. The van der Waals surface area contributed by atoms with E-state index in [9.17, 15) is 0 Å². The summed E-state index contributed by atoms with van der Waals surface area (Å²) in [6, 6.07) is 5.61. The summed E-state index contributed by atoms with van der Waals surface area (Å²) < 4.78 is 6.99. The minimum atomic E-state index is 0.361. The van der Waals surface area contributed by atoms with Crippen molar-refractivity contribution in [3.63, 3.8) is 0 Å². The maximum Gasteiger partial charge on any atom is 0.222 e. The number of hydrogen-bond acceptors (Lipinski definition) is 5. The highest BCUT2D eigenvalue weighted by molar-refractivity contribution is 6.31. The summed E-state index contributed by atoms with van der Waals surface area (Å²) in [6.07, 6.45) is 2.00. The van der Waals surface area contributed by atoms with E-state index in [0.717, 1.165) is 22.2 Å². The highest BCUT2D eigenvalue weighted by atomic mass is 35.5. The number of anilines is 1. The molecule has 2 aromatic heterocycles.